The van der Waals surface area contributed by atoms with Gasteiger partial charge in [0.15, 0.2) is 5.65 Å². The van der Waals surface area contributed by atoms with Crippen molar-refractivity contribution in [2.24, 2.45) is 0 Å². The molecule has 0 spiro atoms. The second-order valence-corrected chi connectivity index (χ2v) is 5.04. The third-order valence-corrected chi connectivity index (χ3v) is 3.24. The number of halogens is 1. The van der Waals surface area contributed by atoms with Gasteiger partial charge in [0.25, 0.3) is 0 Å². The number of pyridine rings is 1. The summed E-state index contributed by atoms with van der Waals surface area (Å²) in [5.41, 5.74) is 1.01. The molecular weight excluding hydrogens is 306 g/mol. The van der Waals surface area contributed by atoms with Gasteiger partial charge in [-0.3, -0.25) is 9.36 Å². The highest BCUT2D eigenvalue weighted by Crippen LogP contribution is 2.19. The number of carboxylic acids is 1. The zero-order valence-electron chi connectivity index (χ0n) is 11.4. The summed E-state index contributed by atoms with van der Waals surface area (Å²) < 4.78 is 7.15. The van der Waals surface area contributed by atoms with Gasteiger partial charge in [-0.1, -0.05) is 29.8 Å². The number of rotatable bonds is 5. The maximum absolute atomic E-state index is 11.1. The standard InChI is InChI=1S/C15H12ClN3O3/c16-10-6-12-15(17-7-10)19(8-14(20)21)13(18-12)9-22-11-4-2-1-3-5-11/h1-7H,8-9H2,(H,20,21). The van der Waals surface area contributed by atoms with E-state index in [9.17, 15) is 4.79 Å². The van der Waals surface area contributed by atoms with Crippen molar-refractivity contribution in [1.29, 1.82) is 0 Å². The summed E-state index contributed by atoms with van der Waals surface area (Å²) in [4.78, 5) is 19.6. The first-order valence-electron chi connectivity index (χ1n) is 6.54. The Morgan fingerprint density at radius 2 is 2.09 bits per heavy atom. The molecule has 22 heavy (non-hydrogen) atoms. The summed E-state index contributed by atoms with van der Waals surface area (Å²) in [6.45, 7) is -0.0934. The van der Waals surface area contributed by atoms with Crippen molar-refractivity contribution >= 4 is 28.7 Å². The number of carboxylic acid groups (broad SMARTS) is 1. The molecule has 6 nitrogen and oxygen atoms in total. The van der Waals surface area contributed by atoms with E-state index in [1.54, 1.807) is 6.07 Å². The Kier molecular flexibility index (Phi) is 3.93. The van der Waals surface area contributed by atoms with Gasteiger partial charge in [0.1, 0.15) is 30.2 Å². The van der Waals surface area contributed by atoms with Crippen LogP contribution < -0.4 is 4.74 Å². The molecule has 0 unspecified atom stereocenters. The van der Waals surface area contributed by atoms with Crippen LogP contribution in [0.5, 0.6) is 5.75 Å². The molecule has 1 N–H and O–H groups in total. The van der Waals surface area contributed by atoms with Gasteiger partial charge in [-0.05, 0) is 18.2 Å². The van der Waals surface area contributed by atoms with Crippen LogP contribution in [0, 0.1) is 0 Å². The molecule has 112 valence electrons. The van der Waals surface area contributed by atoms with Gasteiger partial charge in [-0.2, -0.15) is 0 Å². The predicted molar refractivity (Wildman–Crippen MR) is 80.9 cm³/mol. The molecule has 0 saturated carbocycles. The van der Waals surface area contributed by atoms with Crippen LogP contribution >= 0.6 is 11.6 Å². The van der Waals surface area contributed by atoms with Gasteiger partial charge >= 0.3 is 5.97 Å². The molecule has 2 heterocycles. The molecule has 0 amide bonds. The van der Waals surface area contributed by atoms with E-state index in [1.807, 2.05) is 30.3 Å². The van der Waals surface area contributed by atoms with Crippen LogP contribution in [0.4, 0.5) is 0 Å². The first kappa shape index (κ1) is 14.3. The molecule has 0 aliphatic heterocycles. The van der Waals surface area contributed by atoms with E-state index in [2.05, 4.69) is 9.97 Å². The fourth-order valence-corrected chi connectivity index (χ4v) is 2.26. The van der Waals surface area contributed by atoms with Crippen molar-refractivity contribution in [3.8, 4) is 5.75 Å². The lowest BCUT2D eigenvalue weighted by Gasteiger charge is -2.07. The number of hydrogen-bond acceptors (Lipinski definition) is 4. The largest absolute Gasteiger partial charge is 0.486 e. The Balaban J connectivity index is 1.94. The fraction of sp³-hybridized carbons (Fsp3) is 0.133. The third-order valence-electron chi connectivity index (χ3n) is 3.04. The van der Waals surface area contributed by atoms with Crippen LogP contribution in [0.3, 0.4) is 0 Å². The van der Waals surface area contributed by atoms with Crippen LogP contribution in [0.2, 0.25) is 5.02 Å². The maximum atomic E-state index is 11.1. The van der Waals surface area contributed by atoms with Gasteiger partial charge in [0.05, 0.1) is 5.02 Å². The predicted octanol–water partition coefficient (Wildman–Crippen LogP) is 2.75. The molecule has 0 saturated heterocycles. The van der Waals surface area contributed by atoms with Crippen molar-refractivity contribution in [1.82, 2.24) is 14.5 Å². The van der Waals surface area contributed by atoms with E-state index in [1.165, 1.54) is 10.8 Å². The van der Waals surface area contributed by atoms with Crippen LogP contribution in [0.15, 0.2) is 42.6 Å². The molecule has 0 radical (unpaired) electrons. The monoisotopic (exact) mass is 317 g/mol. The summed E-state index contributed by atoms with van der Waals surface area (Å²) in [6, 6.07) is 10.9. The molecule has 0 aliphatic rings. The lowest BCUT2D eigenvalue weighted by atomic mass is 10.3. The molecule has 0 atom stereocenters. The van der Waals surface area contributed by atoms with E-state index in [0.717, 1.165) is 0 Å². The quantitative estimate of drug-likeness (QED) is 0.783. The number of carbonyl (C=O) groups is 1. The number of imidazole rings is 1. The highest BCUT2D eigenvalue weighted by atomic mass is 35.5. The summed E-state index contributed by atoms with van der Waals surface area (Å²) in [5.74, 6) is 0.190. The second-order valence-electron chi connectivity index (χ2n) is 4.61. The summed E-state index contributed by atoms with van der Waals surface area (Å²) >= 11 is 5.90. The molecule has 7 heteroatoms. The lowest BCUT2D eigenvalue weighted by Crippen LogP contribution is -2.14. The van der Waals surface area contributed by atoms with E-state index in [4.69, 9.17) is 21.4 Å². The Hall–Kier alpha value is -2.60. The van der Waals surface area contributed by atoms with E-state index in [-0.39, 0.29) is 13.2 Å². The Morgan fingerprint density at radius 1 is 1.32 bits per heavy atom. The number of aliphatic carboxylic acids is 1. The third kappa shape index (κ3) is 3.01. The second kappa shape index (κ2) is 6.03. The number of nitrogens with zero attached hydrogens (tertiary/aromatic N) is 3. The highest BCUT2D eigenvalue weighted by Gasteiger charge is 2.15. The molecule has 0 bridgehead atoms. The highest BCUT2D eigenvalue weighted by molar-refractivity contribution is 6.31. The minimum atomic E-state index is -0.975. The van der Waals surface area contributed by atoms with Crippen molar-refractivity contribution in [3.05, 3.63) is 53.4 Å². The maximum Gasteiger partial charge on any atom is 0.323 e. The van der Waals surface area contributed by atoms with Crippen molar-refractivity contribution in [3.63, 3.8) is 0 Å². The van der Waals surface area contributed by atoms with Crippen molar-refractivity contribution in [2.75, 3.05) is 0 Å². The van der Waals surface area contributed by atoms with Crippen LogP contribution in [0.25, 0.3) is 11.2 Å². The van der Waals surface area contributed by atoms with E-state index >= 15 is 0 Å². The minimum absolute atomic E-state index is 0.144. The molecule has 3 rings (SSSR count). The van der Waals surface area contributed by atoms with Gasteiger partial charge in [0.2, 0.25) is 0 Å². The van der Waals surface area contributed by atoms with Gasteiger partial charge in [0, 0.05) is 6.20 Å². The number of benzene rings is 1. The minimum Gasteiger partial charge on any atom is -0.486 e. The zero-order valence-corrected chi connectivity index (χ0v) is 12.2. The number of fused-ring (bicyclic) bond motifs is 1. The zero-order chi connectivity index (χ0) is 15.5. The first-order valence-corrected chi connectivity index (χ1v) is 6.91. The molecule has 1 aromatic carbocycles. The van der Waals surface area contributed by atoms with Crippen molar-refractivity contribution < 1.29 is 14.6 Å². The average molecular weight is 318 g/mol. The topological polar surface area (TPSA) is 77.2 Å². The SMILES string of the molecule is O=C(O)Cn1c(COc2ccccc2)nc2cc(Cl)cnc21. The smallest absolute Gasteiger partial charge is 0.323 e. The number of aromatic nitrogens is 3. The van der Waals surface area contributed by atoms with Gasteiger partial charge in [-0.15, -0.1) is 0 Å². The summed E-state index contributed by atoms with van der Waals surface area (Å²) in [7, 11) is 0. The Bertz CT molecular complexity index is 818. The Morgan fingerprint density at radius 3 is 2.82 bits per heavy atom. The van der Waals surface area contributed by atoms with Gasteiger partial charge < -0.3 is 9.84 Å². The fourth-order valence-electron chi connectivity index (χ4n) is 2.11. The number of hydrogen-bond donors (Lipinski definition) is 1. The average Bonchev–Trinajstić information content (AvgIpc) is 2.82. The lowest BCUT2D eigenvalue weighted by molar-refractivity contribution is -0.137. The molecular formula is C15H12ClN3O3. The van der Waals surface area contributed by atoms with Crippen molar-refractivity contribution in [2.45, 2.75) is 13.2 Å². The molecule has 2 aromatic heterocycles. The summed E-state index contributed by atoms with van der Waals surface area (Å²) in [6.07, 6.45) is 1.46. The van der Waals surface area contributed by atoms with E-state index < -0.39 is 5.97 Å². The van der Waals surface area contributed by atoms with Crippen LogP contribution in [-0.2, 0) is 17.9 Å². The van der Waals surface area contributed by atoms with Gasteiger partial charge in [-0.25, -0.2) is 9.97 Å². The normalized spacial score (nSPS) is 10.8. The number of para-hydroxylation sites is 1. The molecule has 0 aliphatic carbocycles. The first-order chi connectivity index (χ1) is 10.6. The molecule has 3 aromatic rings. The molecule has 0 fully saturated rings. The van der Waals surface area contributed by atoms with Crippen LogP contribution in [-0.4, -0.2) is 25.6 Å². The van der Waals surface area contributed by atoms with Crippen LogP contribution in [0.1, 0.15) is 5.82 Å². The summed E-state index contributed by atoms with van der Waals surface area (Å²) in [5, 5.41) is 9.51. The number of ether oxygens (including phenoxy) is 1. The van der Waals surface area contributed by atoms with E-state index in [0.29, 0.717) is 27.8 Å². The Labute approximate surface area is 130 Å².